The Morgan fingerprint density at radius 1 is 1.22 bits per heavy atom. The standard InChI is InChI=1S/C13H20O5/c14-8-10-9(11(15)7-12(10)16)5-3-1-2-4-6-13(17)18/h12,14,16H,1-8H2,(H,17,18). The van der Waals surface area contributed by atoms with Gasteiger partial charge in [0.05, 0.1) is 12.7 Å². The molecule has 0 aromatic rings. The molecule has 0 saturated heterocycles. The first-order valence-electron chi connectivity index (χ1n) is 6.32. The topological polar surface area (TPSA) is 94.8 Å². The molecule has 18 heavy (non-hydrogen) atoms. The fourth-order valence-electron chi connectivity index (χ4n) is 2.23. The van der Waals surface area contributed by atoms with Crippen LogP contribution in [0.3, 0.4) is 0 Å². The number of ketones is 1. The monoisotopic (exact) mass is 256 g/mol. The molecule has 0 bridgehead atoms. The number of rotatable bonds is 8. The summed E-state index contributed by atoms with van der Waals surface area (Å²) in [6.45, 7) is -0.263. The highest BCUT2D eigenvalue weighted by molar-refractivity contribution is 5.99. The predicted octanol–water partition coefficient (Wildman–Crippen LogP) is 1.03. The highest BCUT2D eigenvalue weighted by Crippen LogP contribution is 2.27. The number of allylic oxidation sites excluding steroid dienone is 1. The van der Waals surface area contributed by atoms with Gasteiger partial charge in [0.1, 0.15) is 0 Å². The zero-order valence-corrected chi connectivity index (χ0v) is 10.4. The van der Waals surface area contributed by atoms with Gasteiger partial charge in [-0.15, -0.1) is 0 Å². The number of hydrogen-bond donors (Lipinski definition) is 3. The van der Waals surface area contributed by atoms with E-state index in [9.17, 15) is 14.7 Å². The van der Waals surface area contributed by atoms with E-state index in [1.54, 1.807) is 0 Å². The van der Waals surface area contributed by atoms with Crippen molar-refractivity contribution in [1.29, 1.82) is 0 Å². The van der Waals surface area contributed by atoms with Crippen LogP contribution in [-0.4, -0.2) is 39.8 Å². The highest BCUT2D eigenvalue weighted by atomic mass is 16.4. The number of carboxylic acids is 1. The molecule has 5 heteroatoms. The normalized spacial score (nSPS) is 19.7. The second kappa shape index (κ2) is 7.28. The van der Waals surface area contributed by atoms with Gasteiger partial charge in [0.2, 0.25) is 0 Å². The minimum Gasteiger partial charge on any atom is -0.481 e. The fraction of sp³-hybridized carbons (Fsp3) is 0.692. The van der Waals surface area contributed by atoms with Crippen molar-refractivity contribution in [2.75, 3.05) is 6.61 Å². The van der Waals surface area contributed by atoms with Gasteiger partial charge in [-0.25, -0.2) is 0 Å². The molecule has 0 aromatic carbocycles. The Kier molecular flexibility index (Phi) is 6.01. The first-order valence-corrected chi connectivity index (χ1v) is 6.32. The fourth-order valence-corrected chi connectivity index (χ4v) is 2.23. The molecule has 1 atom stereocenters. The lowest BCUT2D eigenvalue weighted by Crippen LogP contribution is -2.08. The summed E-state index contributed by atoms with van der Waals surface area (Å²) in [7, 11) is 0. The Labute approximate surface area is 106 Å². The van der Waals surface area contributed by atoms with Crippen molar-refractivity contribution >= 4 is 11.8 Å². The van der Waals surface area contributed by atoms with Gasteiger partial charge in [0, 0.05) is 12.8 Å². The smallest absolute Gasteiger partial charge is 0.303 e. The van der Waals surface area contributed by atoms with Crippen LogP contribution in [0.25, 0.3) is 0 Å². The Morgan fingerprint density at radius 2 is 1.89 bits per heavy atom. The van der Waals surface area contributed by atoms with Crippen molar-refractivity contribution < 1.29 is 24.9 Å². The third kappa shape index (κ3) is 4.23. The summed E-state index contributed by atoms with van der Waals surface area (Å²) in [5.74, 6) is -0.855. The summed E-state index contributed by atoms with van der Waals surface area (Å²) in [5.41, 5.74) is 1.04. The molecule has 1 aliphatic rings. The number of hydrogen-bond acceptors (Lipinski definition) is 4. The maximum absolute atomic E-state index is 11.6. The largest absolute Gasteiger partial charge is 0.481 e. The van der Waals surface area contributed by atoms with Gasteiger partial charge < -0.3 is 15.3 Å². The van der Waals surface area contributed by atoms with Crippen LogP contribution in [0.2, 0.25) is 0 Å². The van der Waals surface area contributed by atoms with Crippen molar-refractivity contribution in [3.63, 3.8) is 0 Å². The number of aliphatic hydroxyl groups is 2. The first kappa shape index (κ1) is 14.9. The lowest BCUT2D eigenvalue weighted by molar-refractivity contribution is -0.137. The van der Waals surface area contributed by atoms with Crippen molar-refractivity contribution in [2.24, 2.45) is 0 Å². The zero-order chi connectivity index (χ0) is 13.5. The quantitative estimate of drug-likeness (QED) is 0.564. The van der Waals surface area contributed by atoms with Crippen LogP contribution in [0.5, 0.6) is 0 Å². The lowest BCUT2D eigenvalue weighted by Gasteiger charge is -2.06. The van der Waals surface area contributed by atoms with Crippen LogP contribution >= 0.6 is 0 Å². The molecule has 0 heterocycles. The van der Waals surface area contributed by atoms with Gasteiger partial charge >= 0.3 is 5.97 Å². The molecule has 0 spiro atoms. The third-order valence-electron chi connectivity index (χ3n) is 3.24. The van der Waals surface area contributed by atoms with Crippen LogP contribution in [0.15, 0.2) is 11.1 Å². The molecule has 102 valence electrons. The summed E-state index contributed by atoms with van der Waals surface area (Å²) in [6, 6.07) is 0. The summed E-state index contributed by atoms with van der Waals surface area (Å²) in [6.07, 6.45) is 3.15. The van der Waals surface area contributed by atoms with Gasteiger partial charge in [-0.3, -0.25) is 9.59 Å². The summed E-state index contributed by atoms with van der Waals surface area (Å²) in [4.78, 5) is 21.9. The van der Waals surface area contributed by atoms with Crippen LogP contribution in [0.4, 0.5) is 0 Å². The number of carbonyl (C=O) groups is 2. The van der Waals surface area contributed by atoms with Gasteiger partial charge in [-0.1, -0.05) is 12.8 Å². The Bertz CT molecular complexity index is 345. The van der Waals surface area contributed by atoms with E-state index in [4.69, 9.17) is 10.2 Å². The van der Waals surface area contributed by atoms with Gasteiger partial charge in [-0.2, -0.15) is 0 Å². The number of carboxylic acid groups (broad SMARTS) is 1. The Hall–Kier alpha value is -1.20. The van der Waals surface area contributed by atoms with Crippen molar-refractivity contribution in [3.05, 3.63) is 11.1 Å². The molecule has 0 fully saturated rings. The molecule has 3 N–H and O–H groups in total. The molecule has 0 aromatic heterocycles. The van der Waals surface area contributed by atoms with E-state index in [0.717, 1.165) is 19.3 Å². The van der Waals surface area contributed by atoms with Gasteiger partial charge in [0.15, 0.2) is 5.78 Å². The number of Topliss-reactive ketones (excluding diaryl/α,β-unsaturated/α-hetero) is 1. The molecule has 0 aliphatic heterocycles. The van der Waals surface area contributed by atoms with Crippen LogP contribution in [-0.2, 0) is 9.59 Å². The predicted molar refractivity (Wildman–Crippen MR) is 65.1 cm³/mol. The lowest BCUT2D eigenvalue weighted by atomic mass is 10.0. The first-order chi connectivity index (χ1) is 8.56. The van der Waals surface area contributed by atoms with Crippen LogP contribution in [0.1, 0.15) is 44.9 Å². The molecule has 0 radical (unpaired) electrons. The van der Waals surface area contributed by atoms with Crippen molar-refractivity contribution in [3.8, 4) is 0 Å². The second-order valence-electron chi connectivity index (χ2n) is 4.61. The molecule has 1 rings (SSSR count). The molecule has 0 saturated carbocycles. The molecule has 1 unspecified atom stereocenters. The minimum absolute atomic E-state index is 0.0721. The molecule has 5 nitrogen and oxygen atoms in total. The van der Waals surface area contributed by atoms with E-state index in [-0.39, 0.29) is 25.2 Å². The molecule has 1 aliphatic carbocycles. The SMILES string of the molecule is O=C(O)CCCCCCC1=C(CO)C(O)CC1=O. The van der Waals surface area contributed by atoms with Gasteiger partial charge in [-0.05, 0) is 30.4 Å². The maximum Gasteiger partial charge on any atom is 0.303 e. The van der Waals surface area contributed by atoms with E-state index in [1.807, 2.05) is 0 Å². The van der Waals surface area contributed by atoms with Crippen LogP contribution < -0.4 is 0 Å². The molecular weight excluding hydrogens is 236 g/mol. The van der Waals surface area contributed by atoms with E-state index in [1.165, 1.54) is 0 Å². The summed E-state index contributed by atoms with van der Waals surface area (Å²) in [5, 5.41) is 27.1. The molecule has 0 amide bonds. The van der Waals surface area contributed by atoms with Crippen molar-refractivity contribution in [2.45, 2.75) is 51.0 Å². The number of aliphatic carboxylic acids is 1. The Morgan fingerprint density at radius 3 is 2.50 bits per heavy atom. The average molecular weight is 256 g/mol. The van der Waals surface area contributed by atoms with Crippen LogP contribution in [0, 0.1) is 0 Å². The number of unbranched alkanes of at least 4 members (excludes halogenated alkanes) is 3. The number of carbonyl (C=O) groups excluding carboxylic acids is 1. The van der Waals surface area contributed by atoms with Gasteiger partial charge in [0.25, 0.3) is 0 Å². The number of aliphatic hydroxyl groups excluding tert-OH is 2. The summed E-state index contributed by atoms with van der Waals surface area (Å²) >= 11 is 0. The van der Waals surface area contributed by atoms with E-state index >= 15 is 0 Å². The van der Waals surface area contributed by atoms with E-state index in [2.05, 4.69) is 0 Å². The van der Waals surface area contributed by atoms with E-state index < -0.39 is 12.1 Å². The van der Waals surface area contributed by atoms with E-state index in [0.29, 0.717) is 24.0 Å². The summed E-state index contributed by atoms with van der Waals surface area (Å²) < 4.78 is 0. The molecular formula is C13H20O5. The maximum atomic E-state index is 11.6. The third-order valence-corrected chi connectivity index (χ3v) is 3.24. The van der Waals surface area contributed by atoms with Crippen molar-refractivity contribution in [1.82, 2.24) is 0 Å². The Balaban J connectivity index is 2.28. The zero-order valence-electron chi connectivity index (χ0n) is 10.4. The second-order valence-corrected chi connectivity index (χ2v) is 4.61. The highest BCUT2D eigenvalue weighted by Gasteiger charge is 2.29. The minimum atomic E-state index is -0.815. The average Bonchev–Trinajstić information content (AvgIpc) is 2.57.